The van der Waals surface area contributed by atoms with Crippen LogP contribution in [0.4, 0.5) is 0 Å². The molecule has 2 rings (SSSR count). The normalized spacial score (nSPS) is 12.1. The molecule has 0 aliphatic heterocycles. The summed E-state index contributed by atoms with van der Waals surface area (Å²) in [7, 11) is 0. The summed E-state index contributed by atoms with van der Waals surface area (Å²) in [5.74, 6) is 0.202. The standard InChI is InChI=1S/C24H30O5/c1-23(2,3)19-9-15(11-25)7-17(21(19)27)13-29-14-18-8-16(12-26)10-20(22(18)28)24(4,5)6/h7-12,27-28H,13-14H2,1-6H3. The maximum absolute atomic E-state index is 11.3. The number of hydrogen-bond acceptors (Lipinski definition) is 5. The number of aromatic hydroxyl groups is 2. The predicted octanol–water partition coefficient (Wildman–Crippen LogP) is 5.03. The number of phenols is 2. The highest BCUT2D eigenvalue weighted by Crippen LogP contribution is 2.36. The van der Waals surface area contributed by atoms with Gasteiger partial charge in [0.1, 0.15) is 24.1 Å². The largest absolute Gasteiger partial charge is 0.507 e. The summed E-state index contributed by atoms with van der Waals surface area (Å²) in [6.45, 7) is 11.9. The van der Waals surface area contributed by atoms with Gasteiger partial charge in [-0.25, -0.2) is 0 Å². The predicted molar refractivity (Wildman–Crippen MR) is 113 cm³/mol. The van der Waals surface area contributed by atoms with Gasteiger partial charge in [-0.2, -0.15) is 0 Å². The minimum Gasteiger partial charge on any atom is -0.507 e. The lowest BCUT2D eigenvalue weighted by Crippen LogP contribution is -2.14. The summed E-state index contributed by atoms with van der Waals surface area (Å²) >= 11 is 0. The van der Waals surface area contributed by atoms with Crippen molar-refractivity contribution in [2.75, 3.05) is 0 Å². The van der Waals surface area contributed by atoms with Gasteiger partial charge in [0.25, 0.3) is 0 Å². The second-order valence-corrected chi connectivity index (χ2v) is 9.38. The van der Waals surface area contributed by atoms with Crippen LogP contribution in [-0.4, -0.2) is 22.8 Å². The van der Waals surface area contributed by atoms with Crippen molar-refractivity contribution in [3.8, 4) is 11.5 Å². The Morgan fingerprint density at radius 1 is 0.724 bits per heavy atom. The van der Waals surface area contributed by atoms with Crippen LogP contribution < -0.4 is 0 Å². The molecule has 0 amide bonds. The van der Waals surface area contributed by atoms with Gasteiger partial charge in [-0.05, 0) is 35.1 Å². The second-order valence-electron chi connectivity index (χ2n) is 9.38. The van der Waals surface area contributed by atoms with E-state index in [9.17, 15) is 19.8 Å². The molecule has 0 aliphatic carbocycles. The van der Waals surface area contributed by atoms with E-state index in [0.717, 1.165) is 12.6 Å². The van der Waals surface area contributed by atoms with Crippen molar-refractivity contribution in [1.82, 2.24) is 0 Å². The molecule has 5 heteroatoms. The second kappa shape index (κ2) is 8.37. The first-order valence-electron chi connectivity index (χ1n) is 9.59. The Hall–Kier alpha value is -2.66. The van der Waals surface area contributed by atoms with Gasteiger partial charge in [0, 0.05) is 33.4 Å². The Labute approximate surface area is 172 Å². The van der Waals surface area contributed by atoms with E-state index in [1.54, 1.807) is 24.3 Å². The number of carbonyl (C=O) groups is 2. The van der Waals surface area contributed by atoms with Gasteiger partial charge in [0.05, 0.1) is 13.2 Å². The molecule has 156 valence electrons. The molecule has 0 unspecified atom stereocenters. The van der Waals surface area contributed by atoms with Gasteiger partial charge in [0.15, 0.2) is 0 Å². The van der Waals surface area contributed by atoms with Crippen LogP contribution in [-0.2, 0) is 28.8 Å². The van der Waals surface area contributed by atoms with Crippen molar-refractivity contribution in [1.29, 1.82) is 0 Å². The molecule has 29 heavy (non-hydrogen) atoms. The van der Waals surface area contributed by atoms with Crippen LogP contribution in [0, 0.1) is 0 Å². The number of phenolic OH excluding ortho intramolecular Hbond substituents is 2. The van der Waals surface area contributed by atoms with E-state index in [-0.39, 0.29) is 35.5 Å². The van der Waals surface area contributed by atoms with Crippen LogP contribution in [0.2, 0.25) is 0 Å². The lowest BCUT2D eigenvalue weighted by Gasteiger charge is -2.23. The molecular weight excluding hydrogens is 368 g/mol. The maximum atomic E-state index is 11.3. The molecule has 0 saturated heterocycles. The van der Waals surface area contributed by atoms with E-state index < -0.39 is 0 Å². The SMILES string of the molecule is CC(C)(C)c1cc(C=O)cc(COCc2cc(C=O)cc(C(C)(C)C)c2O)c1O. The Kier molecular flexibility index (Phi) is 6.53. The summed E-state index contributed by atoms with van der Waals surface area (Å²) in [5, 5.41) is 21.3. The topological polar surface area (TPSA) is 83.8 Å². The fourth-order valence-electron chi connectivity index (χ4n) is 3.21. The number of carbonyl (C=O) groups excluding carboxylic acids is 2. The zero-order valence-electron chi connectivity index (χ0n) is 18.0. The van der Waals surface area contributed by atoms with E-state index in [0.29, 0.717) is 33.4 Å². The fraction of sp³-hybridized carbons (Fsp3) is 0.417. The van der Waals surface area contributed by atoms with Gasteiger partial charge >= 0.3 is 0 Å². The summed E-state index contributed by atoms with van der Waals surface area (Å²) in [5.41, 5.74) is 2.59. The van der Waals surface area contributed by atoms with Crippen LogP contribution in [0.1, 0.15) is 84.5 Å². The Morgan fingerprint density at radius 2 is 1.07 bits per heavy atom. The van der Waals surface area contributed by atoms with Crippen LogP contribution >= 0.6 is 0 Å². The molecular formula is C24H30O5. The molecule has 0 aromatic heterocycles. The van der Waals surface area contributed by atoms with Gasteiger partial charge in [-0.1, -0.05) is 41.5 Å². The smallest absolute Gasteiger partial charge is 0.150 e. The lowest BCUT2D eigenvalue weighted by molar-refractivity contribution is 0.103. The van der Waals surface area contributed by atoms with Crippen molar-refractivity contribution in [3.05, 3.63) is 57.6 Å². The van der Waals surface area contributed by atoms with Crippen LogP contribution in [0.25, 0.3) is 0 Å². The summed E-state index contributed by atoms with van der Waals surface area (Å²) < 4.78 is 5.75. The van der Waals surface area contributed by atoms with E-state index in [1.807, 2.05) is 41.5 Å². The van der Waals surface area contributed by atoms with Crippen molar-refractivity contribution in [2.45, 2.75) is 65.6 Å². The van der Waals surface area contributed by atoms with Gasteiger partial charge in [0.2, 0.25) is 0 Å². The molecule has 0 spiro atoms. The molecule has 0 atom stereocenters. The van der Waals surface area contributed by atoms with E-state index in [4.69, 9.17) is 4.74 Å². The average Bonchev–Trinajstić information content (AvgIpc) is 2.62. The quantitative estimate of drug-likeness (QED) is 0.667. The van der Waals surface area contributed by atoms with Gasteiger partial charge < -0.3 is 14.9 Å². The molecule has 0 aliphatic rings. The molecule has 2 aromatic rings. The molecule has 0 saturated carbocycles. The summed E-state index contributed by atoms with van der Waals surface area (Å²) in [4.78, 5) is 22.6. The summed E-state index contributed by atoms with van der Waals surface area (Å²) in [6.07, 6.45) is 1.49. The third-order valence-corrected chi connectivity index (χ3v) is 4.83. The lowest BCUT2D eigenvalue weighted by atomic mass is 9.84. The first-order chi connectivity index (χ1) is 13.4. The molecule has 0 fully saturated rings. The van der Waals surface area contributed by atoms with Crippen LogP contribution in [0.5, 0.6) is 11.5 Å². The number of rotatable bonds is 6. The zero-order chi connectivity index (χ0) is 22.0. The number of ether oxygens (including phenoxy) is 1. The minimum atomic E-state index is -0.337. The monoisotopic (exact) mass is 398 g/mol. The first kappa shape index (κ1) is 22.6. The van der Waals surface area contributed by atoms with Crippen molar-refractivity contribution >= 4 is 12.6 Å². The Balaban J connectivity index is 2.31. The van der Waals surface area contributed by atoms with E-state index in [1.165, 1.54) is 0 Å². The molecule has 5 nitrogen and oxygen atoms in total. The zero-order valence-corrected chi connectivity index (χ0v) is 18.0. The number of benzene rings is 2. The highest BCUT2D eigenvalue weighted by Gasteiger charge is 2.23. The third-order valence-electron chi connectivity index (χ3n) is 4.83. The number of hydrogen-bond donors (Lipinski definition) is 2. The molecule has 2 N–H and O–H groups in total. The minimum absolute atomic E-state index is 0.0617. The fourth-order valence-corrected chi connectivity index (χ4v) is 3.21. The van der Waals surface area contributed by atoms with Crippen molar-refractivity contribution in [2.24, 2.45) is 0 Å². The molecule has 2 aromatic carbocycles. The Bertz CT molecular complexity index is 839. The maximum Gasteiger partial charge on any atom is 0.150 e. The van der Waals surface area contributed by atoms with E-state index in [2.05, 4.69) is 0 Å². The molecule has 0 heterocycles. The van der Waals surface area contributed by atoms with Crippen molar-refractivity contribution < 1.29 is 24.5 Å². The highest BCUT2D eigenvalue weighted by molar-refractivity contribution is 5.77. The number of aldehydes is 2. The van der Waals surface area contributed by atoms with Crippen LogP contribution in [0.15, 0.2) is 24.3 Å². The van der Waals surface area contributed by atoms with Crippen molar-refractivity contribution in [3.63, 3.8) is 0 Å². The van der Waals surface area contributed by atoms with Crippen LogP contribution in [0.3, 0.4) is 0 Å². The molecule has 0 radical (unpaired) electrons. The van der Waals surface area contributed by atoms with Gasteiger partial charge in [-0.3, -0.25) is 9.59 Å². The third kappa shape index (κ3) is 5.24. The Morgan fingerprint density at radius 3 is 1.34 bits per heavy atom. The highest BCUT2D eigenvalue weighted by atomic mass is 16.5. The van der Waals surface area contributed by atoms with E-state index >= 15 is 0 Å². The first-order valence-corrected chi connectivity index (χ1v) is 9.59. The molecule has 0 bridgehead atoms. The average molecular weight is 398 g/mol. The van der Waals surface area contributed by atoms with Gasteiger partial charge in [-0.15, -0.1) is 0 Å². The summed E-state index contributed by atoms with van der Waals surface area (Å²) in [6, 6.07) is 6.56.